The average Bonchev–Trinajstić information content (AvgIpc) is 3.53. The number of rotatable bonds is 6. The molecule has 0 saturated carbocycles. The summed E-state index contributed by atoms with van der Waals surface area (Å²) < 4.78 is 0. The molecule has 0 radical (unpaired) electrons. The highest BCUT2D eigenvalue weighted by Crippen LogP contribution is 2.50. The molecule has 4 nitrogen and oxygen atoms in total. The first-order valence-corrected chi connectivity index (χ1v) is 20.1. The van der Waals surface area contributed by atoms with Crippen molar-refractivity contribution in [3.8, 4) is 78.8 Å². The number of nitrogens with zero attached hydrogens (tertiary/aromatic N) is 4. The average molecular weight is 755 g/mol. The standard InChI is InChI=1S/C55H38N4/c1-55(2)48-28-15-14-27-43(48)46-32-47-45(33-50(35-17-6-3-7-18-35)56-51(47)34-49(46)55)40-25-16-24-39(29-40)44-31-41(30-38-23-12-13-26-42(38)44)54-58-52(36-19-8-4-9-20-36)57-53(59-54)37-21-10-5-11-22-37/h3-34H,1-2H3. The highest BCUT2D eigenvalue weighted by Gasteiger charge is 2.36. The van der Waals surface area contributed by atoms with Crippen LogP contribution in [0.25, 0.3) is 100 Å². The molecule has 1 aliphatic carbocycles. The number of hydrogen-bond donors (Lipinski definition) is 0. The molecule has 0 aliphatic heterocycles. The number of fused-ring (bicyclic) bond motifs is 5. The van der Waals surface area contributed by atoms with E-state index in [-0.39, 0.29) is 5.41 Å². The van der Waals surface area contributed by atoms with Gasteiger partial charge in [-0.05, 0) is 91.7 Å². The smallest absolute Gasteiger partial charge is 0.164 e. The topological polar surface area (TPSA) is 51.6 Å². The fraction of sp³-hybridized carbons (Fsp3) is 0.0545. The molecule has 10 aromatic rings. The summed E-state index contributed by atoms with van der Waals surface area (Å²) in [5.41, 5.74) is 15.5. The minimum atomic E-state index is -0.126. The number of benzene rings is 8. The maximum absolute atomic E-state index is 5.34. The van der Waals surface area contributed by atoms with Gasteiger partial charge in [-0.3, -0.25) is 0 Å². The van der Waals surface area contributed by atoms with Crippen molar-refractivity contribution < 1.29 is 0 Å². The maximum Gasteiger partial charge on any atom is 0.164 e. The lowest BCUT2D eigenvalue weighted by Gasteiger charge is -2.22. The Morgan fingerprint density at radius 1 is 0.322 bits per heavy atom. The van der Waals surface area contributed by atoms with Crippen molar-refractivity contribution >= 4 is 21.7 Å². The number of hydrogen-bond acceptors (Lipinski definition) is 4. The van der Waals surface area contributed by atoms with E-state index in [4.69, 9.17) is 19.9 Å². The first kappa shape index (κ1) is 34.7. The first-order valence-electron chi connectivity index (χ1n) is 20.1. The lowest BCUT2D eigenvalue weighted by Crippen LogP contribution is -2.14. The number of pyridine rings is 1. The minimum absolute atomic E-state index is 0.126. The zero-order chi connectivity index (χ0) is 39.5. The van der Waals surface area contributed by atoms with Crippen LogP contribution in [0.4, 0.5) is 0 Å². The second kappa shape index (κ2) is 13.8. The highest BCUT2D eigenvalue weighted by molar-refractivity contribution is 6.04. The van der Waals surface area contributed by atoms with Crippen molar-refractivity contribution in [2.75, 3.05) is 0 Å². The van der Waals surface area contributed by atoms with Crippen LogP contribution in [0.3, 0.4) is 0 Å². The van der Waals surface area contributed by atoms with Crippen LogP contribution in [-0.2, 0) is 5.41 Å². The van der Waals surface area contributed by atoms with Gasteiger partial charge in [0.2, 0.25) is 0 Å². The summed E-state index contributed by atoms with van der Waals surface area (Å²) in [6.07, 6.45) is 0. The van der Waals surface area contributed by atoms with Gasteiger partial charge in [0.25, 0.3) is 0 Å². The zero-order valence-corrected chi connectivity index (χ0v) is 32.8. The Bertz CT molecular complexity index is 3170. The van der Waals surface area contributed by atoms with Gasteiger partial charge in [0.15, 0.2) is 17.5 Å². The van der Waals surface area contributed by atoms with E-state index in [1.807, 2.05) is 60.7 Å². The van der Waals surface area contributed by atoms with Crippen molar-refractivity contribution in [1.82, 2.24) is 19.9 Å². The lowest BCUT2D eigenvalue weighted by atomic mass is 9.82. The van der Waals surface area contributed by atoms with E-state index in [1.165, 1.54) is 22.3 Å². The highest BCUT2D eigenvalue weighted by atomic mass is 15.0. The summed E-state index contributed by atoms with van der Waals surface area (Å²) in [5.74, 6) is 1.91. The Balaban J connectivity index is 1.11. The molecule has 0 fully saturated rings. The predicted octanol–water partition coefficient (Wildman–Crippen LogP) is 13.9. The minimum Gasteiger partial charge on any atom is -0.248 e. The van der Waals surface area contributed by atoms with E-state index < -0.39 is 0 Å². The summed E-state index contributed by atoms with van der Waals surface area (Å²) in [6, 6.07) is 68.6. The number of aromatic nitrogens is 4. The van der Waals surface area contributed by atoms with Gasteiger partial charge in [-0.1, -0.05) is 172 Å². The molecule has 0 saturated heterocycles. The third-order valence-corrected chi connectivity index (χ3v) is 11.9. The van der Waals surface area contributed by atoms with Crippen LogP contribution >= 0.6 is 0 Å². The second-order valence-electron chi connectivity index (χ2n) is 15.9. The van der Waals surface area contributed by atoms with Crippen LogP contribution in [0.1, 0.15) is 25.0 Å². The van der Waals surface area contributed by atoms with Crippen LogP contribution in [0.2, 0.25) is 0 Å². The van der Waals surface area contributed by atoms with Crippen molar-refractivity contribution in [3.05, 3.63) is 205 Å². The van der Waals surface area contributed by atoms with E-state index in [0.717, 1.165) is 71.9 Å². The van der Waals surface area contributed by atoms with Crippen LogP contribution in [0.5, 0.6) is 0 Å². The van der Waals surface area contributed by atoms with E-state index in [0.29, 0.717) is 17.5 Å². The van der Waals surface area contributed by atoms with E-state index in [9.17, 15) is 0 Å². The summed E-state index contributed by atoms with van der Waals surface area (Å²) >= 11 is 0. The molecule has 59 heavy (non-hydrogen) atoms. The third-order valence-electron chi connectivity index (χ3n) is 11.9. The molecule has 278 valence electrons. The molecule has 2 heterocycles. The largest absolute Gasteiger partial charge is 0.248 e. The summed E-state index contributed by atoms with van der Waals surface area (Å²) in [7, 11) is 0. The monoisotopic (exact) mass is 754 g/mol. The molecule has 4 heteroatoms. The van der Waals surface area contributed by atoms with E-state index >= 15 is 0 Å². The maximum atomic E-state index is 5.34. The van der Waals surface area contributed by atoms with Crippen LogP contribution in [0.15, 0.2) is 194 Å². The fourth-order valence-electron chi connectivity index (χ4n) is 8.89. The van der Waals surface area contributed by atoms with Gasteiger partial charge < -0.3 is 0 Å². The SMILES string of the molecule is CC1(C)c2ccccc2-c2cc3c(-c4cccc(-c5cc(-c6nc(-c7ccccc7)nc(-c7ccccc7)n6)cc6ccccc56)c4)cc(-c4ccccc4)nc3cc21. The Morgan fingerprint density at radius 2 is 0.864 bits per heavy atom. The van der Waals surface area contributed by atoms with Crippen molar-refractivity contribution in [2.45, 2.75) is 19.3 Å². The van der Waals surface area contributed by atoms with Gasteiger partial charge in [0.1, 0.15) is 0 Å². The van der Waals surface area contributed by atoms with E-state index in [1.54, 1.807) is 0 Å². The van der Waals surface area contributed by atoms with Gasteiger partial charge in [0.05, 0.1) is 11.2 Å². The molecule has 8 aromatic carbocycles. The molecule has 0 amide bonds. The Morgan fingerprint density at radius 3 is 1.54 bits per heavy atom. The summed E-state index contributed by atoms with van der Waals surface area (Å²) in [4.78, 5) is 20.5. The quantitative estimate of drug-likeness (QED) is 0.170. The second-order valence-corrected chi connectivity index (χ2v) is 15.9. The Hall–Kier alpha value is -7.56. The van der Waals surface area contributed by atoms with Gasteiger partial charge in [-0.2, -0.15) is 0 Å². The molecule has 0 atom stereocenters. The lowest BCUT2D eigenvalue weighted by molar-refractivity contribution is 0.661. The van der Waals surface area contributed by atoms with Crippen molar-refractivity contribution in [2.24, 2.45) is 0 Å². The molecule has 0 N–H and O–H groups in total. The van der Waals surface area contributed by atoms with E-state index in [2.05, 4.69) is 147 Å². The molecule has 1 aliphatic rings. The van der Waals surface area contributed by atoms with Crippen LogP contribution < -0.4 is 0 Å². The predicted molar refractivity (Wildman–Crippen MR) is 243 cm³/mol. The third kappa shape index (κ3) is 6.00. The normalized spacial score (nSPS) is 12.7. The molecule has 0 unspecified atom stereocenters. The van der Waals surface area contributed by atoms with Gasteiger partial charge in [-0.15, -0.1) is 0 Å². The van der Waals surface area contributed by atoms with Crippen LogP contribution in [0, 0.1) is 0 Å². The first-order chi connectivity index (χ1) is 29.0. The molecule has 11 rings (SSSR count). The molecule has 0 spiro atoms. The molecule has 2 aromatic heterocycles. The fourth-order valence-corrected chi connectivity index (χ4v) is 8.89. The van der Waals surface area contributed by atoms with Crippen molar-refractivity contribution in [3.63, 3.8) is 0 Å². The Kier molecular flexibility index (Phi) is 8.12. The summed E-state index contributed by atoms with van der Waals surface area (Å²) in [5, 5.41) is 3.42. The summed E-state index contributed by atoms with van der Waals surface area (Å²) in [6.45, 7) is 4.66. The van der Waals surface area contributed by atoms with Gasteiger partial charge in [0, 0.05) is 33.1 Å². The van der Waals surface area contributed by atoms with Crippen molar-refractivity contribution in [1.29, 1.82) is 0 Å². The molecular weight excluding hydrogens is 717 g/mol. The van der Waals surface area contributed by atoms with Crippen LogP contribution in [-0.4, -0.2) is 19.9 Å². The Labute approximate surface area is 343 Å². The molecular formula is C55H38N4. The van der Waals surface area contributed by atoms with Gasteiger partial charge in [-0.25, -0.2) is 19.9 Å². The molecule has 0 bridgehead atoms. The van der Waals surface area contributed by atoms with Gasteiger partial charge >= 0.3 is 0 Å². The zero-order valence-electron chi connectivity index (χ0n) is 32.8.